The fourth-order valence-electron chi connectivity index (χ4n) is 0.877. The molecule has 64 valence electrons. The molecule has 0 aromatic rings. The van der Waals surface area contributed by atoms with Crippen LogP contribution in [0.4, 0.5) is 0 Å². The molecule has 2 heteroatoms. The average molecular weight is 155 g/mol. The highest BCUT2D eigenvalue weighted by molar-refractivity contribution is 5.55. The van der Waals surface area contributed by atoms with Crippen LogP contribution >= 0.6 is 0 Å². The predicted molar refractivity (Wildman–Crippen MR) is 48.9 cm³/mol. The lowest BCUT2D eigenvalue weighted by atomic mass is 10.1. The second kappa shape index (κ2) is 4.94. The molecule has 0 radical (unpaired) electrons. The molecular weight excluding hydrogens is 138 g/mol. The van der Waals surface area contributed by atoms with Crippen LogP contribution < -0.4 is 0 Å². The third-order valence-corrected chi connectivity index (χ3v) is 1.45. The fraction of sp³-hybridized carbons (Fsp3) is 0.667. The molecule has 0 unspecified atom stereocenters. The van der Waals surface area contributed by atoms with Crippen molar-refractivity contribution in [1.29, 1.82) is 0 Å². The number of aliphatic hydroxyl groups excluding tert-OH is 1. The standard InChI is InChI=1S/C9H17NO/c1-5-8(11)9(7(3)4)10-6-2/h6-7,11H,5H2,1-4H3/b9-8-,10-6-. The van der Waals surface area contributed by atoms with E-state index in [9.17, 15) is 5.11 Å². The summed E-state index contributed by atoms with van der Waals surface area (Å²) in [7, 11) is 0. The Morgan fingerprint density at radius 2 is 2.09 bits per heavy atom. The Hall–Kier alpha value is -0.790. The van der Waals surface area contributed by atoms with Gasteiger partial charge in [-0.1, -0.05) is 20.8 Å². The van der Waals surface area contributed by atoms with Crippen LogP contribution in [-0.4, -0.2) is 11.3 Å². The lowest BCUT2D eigenvalue weighted by Crippen LogP contribution is -1.96. The number of hydrogen-bond donors (Lipinski definition) is 1. The molecule has 0 aliphatic rings. The number of aliphatic hydroxyl groups is 1. The Balaban J connectivity index is 4.57. The van der Waals surface area contributed by atoms with Crippen molar-refractivity contribution in [3.63, 3.8) is 0 Å². The predicted octanol–water partition coefficient (Wildman–Crippen LogP) is 2.91. The van der Waals surface area contributed by atoms with Gasteiger partial charge in [-0.2, -0.15) is 0 Å². The summed E-state index contributed by atoms with van der Waals surface area (Å²) in [5.41, 5.74) is 0.801. The summed E-state index contributed by atoms with van der Waals surface area (Å²) in [6.07, 6.45) is 2.37. The van der Waals surface area contributed by atoms with E-state index < -0.39 is 0 Å². The minimum Gasteiger partial charge on any atom is -0.510 e. The van der Waals surface area contributed by atoms with E-state index in [0.29, 0.717) is 18.1 Å². The molecule has 0 heterocycles. The Morgan fingerprint density at radius 1 is 1.55 bits per heavy atom. The van der Waals surface area contributed by atoms with Crippen molar-refractivity contribution in [3.8, 4) is 0 Å². The molecule has 0 rings (SSSR count). The van der Waals surface area contributed by atoms with Gasteiger partial charge in [0.2, 0.25) is 0 Å². The summed E-state index contributed by atoms with van der Waals surface area (Å²) in [5, 5.41) is 9.39. The van der Waals surface area contributed by atoms with Gasteiger partial charge in [-0.05, 0) is 12.8 Å². The van der Waals surface area contributed by atoms with Crippen LogP contribution in [0.1, 0.15) is 34.1 Å². The van der Waals surface area contributed by atoms with Gasteiger partial charge in [0.05, 0.1) is 5.70 Å². The van der Waals surface area contributed by atoms with Gasteiger partial charge >= 0.3 is 0 Å². The Labute approximate surface area is 68.7 Å². The highest BCUT2D eigenvalue weighted by atomic mass is 16.3. The first kappa shape index (κ1) is 10.2. The molecule has 0 saturated carbocycles. The summed E-state index contributed by atoms with van der Waals surface area (Å²) in [4.78, 5) is 4.10. The summed E-state index contributed by atoms with van der Waals surface area (Å²) in [6.45, 7) is 7.82. The molecule has 2 nitrogen and oxygen atoms in total. The normalized spacial score (nSPS) is 14.3. The van der Waals surface area contributed by atoms with E-state index in [1.807, 2.05) is 27.7 Å². The second-order valence-corrected chi connectivity index (χ2v) is 2.73. The minimum atomic E-state index is 0.297. The van der Waals surface area contributed by atoms with Crippen molar-refractivity contribution in [2.75, 3.05) is 0 Å². The van der Waals surface area contributed by atoms with Crippen LogP contribution in [0.2, 0.25) is 0 Å². The number of rotatable bonds is 3. The third kappa shape index (κ3) is 3.21. The molecule has 0 aliphatic heterocycles. The van der Waals surface area contributed by atoms with E-state index in [0.717, 1.165) is 5.70 Å². The molecule has 0 saturated heterocycles. The highest BCUT2D eigenvalue weighted by Crippen LogP contribution is 2.16. The number of hydrogen-bond acceptors (Lipinski definition) is 2. The van der Waals surface area contributed by atoms with Gasteiger partial charge in [0.25, 0.3) is 0 Å². The van der Waals surface area contributed by atoms with Crippen molar-refractivity contribution < 1.29 is 5.11 Å². The molecule has 0 spiro atoms. The van der Waals surface area contributed by atoms with Crippen LogP contribution in [0.3, 0.4) is 0 Å². The molecule has 0 amide bonds. The Morgan fingerprint density at radius 3 is 2.36 bits per heavy atom. The molecular formula is C9H17NO. The third-order valence-electron chi connectivity index (χ3n) is 1.45. The van der Waals surface area contributed by atoms with E-state index in [1.54, 1.807) is 6.21 Å². The maximum atomic E-state index is 9.39. The molecule has 11 heavy (non-hydrogen) atoms. The first-order valence-corrected chi connectivity index (χ1v) is 4.04. The van der Waals surface area contributed by atoms with E-state index in [1.165, 1.54) is 0 Å². The summed E-state index contributed by atoms with van der Waals surface area (Å²) >= 11 is 0. The van der Waals surface area contributed by atoms with Crippen LogP contribution in [0, 0.1) is 5.92 Å². The van der Waals surface area contributed by atoms with Gasteiger partial charge in [0, 0.05) is 12.6 Å². The van der Waals surface area contributed by atoms with Crippen LogP contribution in [0.15, 0.2) is 16.4 Å². The van der Waals surface area contributed by atoms with E-state index in [4.69, 9.17) is 0 Å². The summed E-state index contributed by atoms with van der Waals surface area (Å²) in [6, 6.07) is 0. The second-order valence-electron chi connectivity index (χ2n) is 2.73. The number of nitrogens with zero attached hydrogens (tertiary/aromatic N) is 1. The smallest absolute Gasteiger partial charge is 0.114 e. The molecule has 0 aromatic carbocycles. The van der Waals surface area contributed by atoms with E-state index >= 15 is 0 Å². The van der Waals surface area contributed by atoms with Crippen molar-refractivity contribution in [3.05, 3.63) is 11.5 Å². The van der Waals surface area contributed by atoms with Crippen LogP contribution in [-0.2, 0) is 0 Å². The van der Waals surface area contributed by atoms with Gasteiger partial charge in [-0.3, -0.25) is 4.99 Å². The maximum Gasteiger partial charge on any atom is 0.114 e. The zero-order valence-electron chi connectivity index (χ0n) is 7.76. The van der Waals surface area contributed by atoms with Gasteiger partial charge in [0.15, 0.2) is 0 Å². The van der Waals surface area contributed by atoms with Crippen LogP contribution in [0.25, 0.3) is 0 Å². The van der Waals surface area contributed by atoms with Crippen molar-refractivity contribution >= 4 is 6.21 Å². The summed E-state index contributed by atoms with van der Waals surface area (Å²) in [5.74, 6) is 0.698. The van der Waals surface area contributed by atoms with Gasteiger partial charge in [-0.25, -0.2) is 0 Å². The molecule has 1 N–H and O–H groups in total. The molecule has 0 atom stereocenters. The van der Waals surface area contributed by atoms with Crippen molar-refractivity contribution in [1.82, 2.24) is 0 Å². The zero-order chi connectivity index (χ0) is 8.85. The van der Waals surface area contributed by atoms with Crippen molar-refractivity contribution in [2.45, 2.75) is 34.1 Å². The largest absolute Gasteiger partial charge is 0.510 e. The van der Waals surface area contributed by atoms with Crippen LogP contribution in [0.5, 0.6) is 0 Å². The Bertz CT molecular complexity index is 168. The van der Waals surface area contributed by atoms with Gasteiger partial charge < -0.3 is 5.11 Å². The Kier molecular flexibility index (Phi) is 4.59. The lowest BCUT2D eigenvalue weighted by molar-refractivity contribution is 0.378. The minimum absolute atomic E-state index is 0.297. The van der Waals surface area contributed by atoms with Crippen molar-refractivity contribution in [2.24, 2.45) is 10.9 Å². The fourth-order valence-corrected chi connectivity index (χ4v) is 0.877. The zero-order valence-corrected chi connectivity index (χ0v) is 7.76. The topological polar surface area (TPSA) is 32.6 Å². The molecule has 0 aliphatic carbocycles. The van der Waals surface area contributed by atoms with Gasteiger partial charge in [0.1, 0.15) is 5.76 Å². The van der Waals surface area contributed by atoms with E-state index in [-0.39, 0.29) is 0 Å². The van der Waals surface area contributed by atoms with E-state index in [2.05, 4.69) is 4.99 Å². The first-order valence-electron chi connectivity index (χ1n) is 4.04. The SMILES string of the molecule is C/C=N\C(=C(/O)CC)C(C)C. The quantitative estimate of drug-likeness (QED) is 0.493. The molecule has 0 aromatic heterocycles. The molecule has 0 fully saturated rings. The highest BCUT2D eigenvalue weighted by Gasteiger charge is 2.05. The number of aliphatic imine (C=N–C) groups is 1. The maximum absolute atomic E-state index is 9.39. The van der Waals surface area contributed by atoms with Gasteiger partial charge in [-0.15, -0.1) is 0 Å². The first-order chi connectivity index (χ1) is 5.13. The number of allylic oxidation sites excluding steroid dienone is 2. The molecule has 0 bridgehead atoms. The summed E-state index contributed by atoms with van der Waals surface area (Å²) < 4.78 is 0. The lowest BCUT2D eigenvalue weighted by Gasteiger charge is -2.07. The monoisotopic (exact) mass is 155 g/mol. The average Bonchev–Trinajstić information content (AvgIpc) is 1.98.